The van der Waals surface area contributed by atoms with E-state index in [-0.39, 0.29) is 6.61 Å². The van der Waals surface area contributed by atoms with Crippen LogP contribution in [0, 0.1) is 0 Å². The van der Waals surface area contributed by atoms with Gasteiger partial charge in [-0.15, -0.1) is 0 Å². The highest BCUT2D eigenvalue weighted by molar-refractivity contribution is 4.65. The van der Waals surface area contributed by atoms with Gasteiger partial charge in [-0.1, -0.05) is 13.3 Å². The molecule has 0 spiro atoms. The molecule has 320 valence electrons. The first-order valence-corrected chi connectivity index (χ1v) is 19.6. The van der Waals surface area contributed by atoms with Gasteiger partial charge < -0.3 is 71.4 Å². The zero-order valence-corrected chi connectivity index (χ0v) is 33.1. The Balaban J connectivity index is 1.62. The highest BCUT2D eigenvalue weighted by Gasteiger charge is 2.03. The van der Waals surface area contributed by atoms with Crippen molar-refractivity contribution < 1.29 is 76.0 Å². The summed E-state index contributed by atoms with van der Waals surface area (Å²) in [5, 5.41) is 8.59. The lowest BCUT2D eigenvalue weighted by Gasteiger charge is -2.09. The zero-order valence-electron chi connectivity index (χ0n) is 33.1. The zero-order chi connectivity index (χ0) is 38.5. The van der Waals surface area contributed by atoms with Crippen molar-refractivity contribution in [2.75, 3.05) is 192 Å². The van der Waals surface area contributed by atoms with Gasteiger partial charge in [0.15, 0.2) is 0 Å². The van der Waals surface area contributed by atoms with Crippen LogP contribution in [-0.4, -0.2) is 201 Å². The van der Waals surface area contributed by atoms with Gasteiger partial charge >= 0.3 is 0 Å². The molecule has 1 aromatic heterocycles. The number of imidazole rings is 1. The molecule has 0 fully saturated rings. The fourth-order valence-electron chi connectivity index (χ4n) is 4.24. The fourth-order valence-corrected chi connectivity index (χ4v) is 4.24. The van der Waals surface area contributed by atoms with Gasteiger partial charge in [-0.05, 0) is 6.42 Å². The summed E-state index contributed by atoms with van der Waals surface area (Å²) in [6.07, 6.45) is 8.71. The number of hydrogen-bond acceptors (Lipinski definition) is 15. The van der Waals surface area contributed by atoms with Crippen molar-refractivity contribution in [3.63, 3.8) is 0 Å². The minimum Gasteiger partial charge on any atom is -0.394 e. The summed E-state index contributed by atoms with van der Waals surface area (Å²) in [7, 11) is 0. The molecule has 0 aliphatic carbocycles. The van der Waals surface area contributed by atoms with Crippen LogP contribution < -0.4 is 4.57 Å². The molecule has 0 amide bonds. The van der Waals surface area contributed by atoms with Crippen molar-refractivity contribution in [1.29, 1.82) is 0 Å². The molecule has 1 aromatic rings. The monoisotopic (exact) mass is 786 g/mol. The number of aryl methyl sites for hydroxylation is 1. The lowest BCUT2D eigenvalue weighted by Crippen LogP contribution is -2.30. The minimum atomic E-state index is 0.0234. The lowest BCUT2D eigenvalue weighted by molar-refractivity contribution is -0.696. The van der Waals surface area contributed by atoms with Crippen LogP contribution in [0.5, 0.6) is 0 Å². The minimum absolute atomic E-state index is 0.0234. The maximum atomic E-state index is 8.59. The van der Waals surface area contributed by atoms with E-state index in [1.807, 2.05) is 0 Å². The molecule has 0 unspecified atom stereocenters. The molecule has 0 saturated carbocycles. The first kappa shape index (κ1) is 50.6. The van der Waals surface area contributed by atoms with Crippen LogP contribution >= 0.6 is 0 Å². The molecule has 0 saturated heterocycles. The molecule has 0 radical (unpaired) electrons. The van der Waals surface area contributed by atoms with E-state index in [9.17, 15) is 0 Å². The molecule has 1 N–H and O–H groups in total. The van der Waals surface area contributed by atoms with Crippen molar-refractivity contribution in [2.45, 2.75) is 32.9 Å². The predicted octanol–water partition coefficient (Wildman–Crippen LogP) is 0.800. The van der Waals surface area contributed by atoms with Gasteiger partial charge in [0.25, 0.3) is 0 Å². The highest BCUT2D eigenvalue weighted by atomic mass is 16.6. The van der Waals surface area contributed by atoms with E-state index in [2.05, 4.69) is 34.8 Å². The molecule has 1 heterocycles. The second-order valence-corrected chi connectivity index (χ2v) is 11.5. The molecule has 0 aliphatic heterocycles. The van der Waals surface area contributed by atoms with Crippen molar-refractivity contribution in [2.24, 2.45) is 0 Å². The number of aromatic nitrogens is 2. The summed E-state index contributed by atoms with van der Waals surface area (Å²) in [5.41, 5.74) is 0. The predicted molar refractivity (Wildman–Crippen MR) is 198 cm³/mol. The summed E-state index contributed by atoms with van der Waals surface area (Å²) >= 11 is 0. The number of nitrogens with zero attached hydrogens (tertiary/aromatic N) is 2. The molecular formula is C37H73N2O15+. The average Bonchev–Trinajstić information content (AvgIpc) is 3.64. The van der Waals surface area contributed by atoms with Crippen molar-refractivity contribution >= 4 is 0 Å². The van der Waals surface area contributed by atoms with Gasteiger partial charge in [-0.25, -0.2) is 9.13 Å². The SMILES string of the molecule is CCCC[n+]1ccn(CCOCCOCCOCCOCCOCCOCCOCCOCCOCCOCCOCCOCCOCCOCCO)c1. The van der Waals surface area contributed by atoms with E-state index in [1.54, 1.807) is 0 Å². The van der Waals surface area contributed by atoms with Crippen LogP contribution in [0.25, 0.3) is 0 Å². The Hall–Kier alpha value is -1.39. The number of ether oxygens (including phenoxy) is 14. The van der Waals surface area contributed by atoms with Crippen LogP contribution in [0.3, 0.4) is 0 Å². The van der Waals surface area contributed by atoms with Gasteiger partial charge in [0, 0.05) is 0 Å². The van der Waals surface area contributed by atoms with Gasteiger partial charge in [0.05, 0.1) is 198 Å². The number of rotatable bonds is 47. The van der Waals surface area contributed by atoms with Gasteiger partial charge in [0.2, 0.25) is 6.33 Å². The summed E-state index contributed by atoms with van der Waals surface area (Å²) in [4.78, 5) is 0. The standard InChI is InChI=1S/C37H73N2O15/c1-2-3-4-38-5-6-39(37-38)7-9-41-11-13-43-15-17-45-19-21-47-23-25-49-27-29-51-31-33-53-35-36-54-34-32-52-30-28-50-26-24-48-22-20-46-18-16-44-14-12-42-10-8-40/h5-6,37,40H,2-4,7-36H2,1H3/q+1. The summed E-state index contributed by atoms with van der Waals surface area (Å²) in [6, 6.07) is 0. The molecule has 0 aliphatic rings. The fraction of sp³-hybridized carbons (Fsp3) is 0.919. The van der Waals surface area contributed by atoms with Crippen LogP contribution in [0.4, 0.5) is 0 Å². The number of aliphatic hydroxyl groups excluding tert-OH is 1. The van der Waals surface area contributed by atoms with Crippen LogP contribution in [-0.2, 0) is 79.4 Å². The Morgan fingerprint density at radius 1 is 0.389 bits per heavy atom. The second-order valence-electron chi connectivity index (χ2n) is 11.5. The number of unbranched alkanes of at least 4 members (excludes halogenated alkanes) is 1. The molecule has 17 heteroatoms. The number of hydrogen-bond donors (Lipinski definition) is 1. The average molecular weight is 786 g/mol. The molecule has 17 nitrogen and oxygen atoms in total. The first-order valence-electron chi connectivity index (χ1n) is 19.6. The van der Waals surface area contributed by atoms with Crippen LogP contribution in [0.2, 0.25) is 0 Å². The third-order valence-corrected chi connectivity index (χ3v) is 7.08. The van der Waals surface area contributed by atoms with E-state index < -0.39 is 0 Å². The van der Waals surface area contributed by atoms with E-state index in [0.29, 0.717) is 185 Å². The van der Waals surface area contributed by atoms with Crippen molar-refractivity contribution in [3.8, 4) is 0 Å². The smallest absolute Gasteiger partial charge is 0.243 e. The first-order chi connectivity index (χ1) is 26.9. The van der Waals surface area contributed by atoms with E-state index in [0.717, 1.165) is 13.1 Å². The maximum Gasteiger partial charge on any atom is 0.243 e. The molecule has 0 atom stereocenters. The third kappa shape index (κ3) is 38.9. The van der Waals surface area contributed by atoms with Crippen LogP contribution in [0.15, 0.2) is 18.7 Å². The highest BCUT2D eigenvalue weighted by Crippen LogP contribution is 1.91. The quantitative estimate of drug-likeness (QED) is 0.0731. The van der Waals surface area contributed by atoms with Crippen molar-refractivity contribution in [1.82, 2.24) is 4.57 Å². The third-order valence-electron chi connectivity index (χ3n) is 7.08. The summed E-state index contributed by atoms with van der Waals surface area (Å²) in [5.74, 6) is 0. The molecule has 1 rings (SSSR count). The Morgan fingerprint density at radius 2 is 0.648 bits per heavy atom. The Morgan fingerprint density at radius 3 is 0.907 bits per heavy atom. The van der Waals surface area contributed by atoms with Gasteiger partial charge in [-0.3, -0.25) is 0 Å². The van der Waals surface area contributed by atoms with Gasteiger partial charge in [0.1, 0.15) is 18.9 Å². The molecule has 0 bridgehead atoms. The summed E-state index contributed by atoms with van der Waals surface area (Å²) < 4.78 is 80.8. The summed E-state index contributed by atoms with van der Waals surface area (Å²) in [6.45, 7) is 18.4. The Kier molecular flexibility index (Phi) is 41.6. The maximum absolute atomic E-state index is 8.59. The Bertz CT molecular complexity index is 843. The lowest BCUT2D eigenvalue weighted by atomic mass is 10.3. The van der Waals surface area contributed by atoms with Crippen molar-refractivity contribution in [3.05, 3.63) is 18.7 Å². The van der Waals surface area contributed by atoms with E-state index in [1.165, 1.54) is 12.8 Å². The van der Waals surface area contributed by atoms with E-state index >= 15 is 0 Å². The molecule has 0 aromatic carbocycles. The largest absolute Gasteiger partial charge is 0.394 e. The molecule has 54 heavy (non-hydrogen) atoms. The van der Waals surface area contributed by atoms with Gasteiger partial charge in [-0.2, -0.15) is 0 Å². The molecular weight excluding hydrogens is 712 g/mol. The topological polar surface area (TPSA) is 158 Å². The Labute approximate surface area is 323 Å². The van der Waals surface area contributed by atoms with E-state index in [4.69, 9.17) is 71.4 Å². The number of aliphatic hydroxyl groups is 1. The normalized spacial score (nSPS) is 11.7. The van der Waals surface area contributed by atoms with Crippen LogP contribution in [0.1, 0.15) is 19.8 Å². The second kappa shape index (κ2) is 44.3.